The summed E-state index contributed by atoms with van der Waals surface area (Å²) in [5, 5.41) is 2.90. The topological polar surface area (TPSA) is 47.6 Å². The fourth-order valence-electron chi connectivity index (χ4n) is 2.26. The van der Waals surface area contributed by atoms with Gasteiger partial charge in [-0.15, -0.1) is 0 Å². The molecule has 2 aromatic carbocycles. The van der Waals surface area contributed by atoms with Crippen LogP contribution in [0.2, 0.25) is 0 Å². The van der Waals surface area contributed by atoms with Gasteiger partial charge in [-0.25, -0.2) is 0 Å². The maximum Gasteiger partial charge on any atom is 0.259 e. The van der Waals surface area contributed by atoms with Gasteiger partial charge in [0.25, 0.3) is 5.91 Å². The van der Waals surface area contributed by atoms with E-state index in [-0.39, 0.29) is 12.0 Å². The highest BCUT2D eigenvalue weighted by Gasteiger charge is 2.13. The zero-order valence-corrected chi connectivity index (χ0v) is 15.4. The Morgan fingerprint density at radius 3 is 2.32 bits per heavy atom. The molecule has 4 heteroatoms. The lowest BCUT2D eigenvalue weighted by molar-refractivity contribution is 0.102. The van der Waals surface area contributed by atoms with E-state index in [1.165, 1.54) is 0 Å². The molecule has 0 aromatic heterocycles. The Morgan fingerprint density at radius 1 is 1.00 bits per heavy atom. The van der Waals surface area contributed by atoms with Crippen LogP contribution in [0.3, 0.4) is 0 Å². The van der Waals surface area contributed by atoms with Crippen molar-refractivity contribution in [1.29, 1.82) is 0 Å². The Labute approximate surface area is 150 Å². The van der Waals surface area contributed by atoms with Crippen molar-refractivity contribution in [2.45, 2.75) is 40.2 Å². The van der Waals surface area contributed by atoms with Gasteiger partial charge in [-0.05, 0) is 62.6 Å². The number of benzene rings is 2. The quantitative estimate of drug-likeness (QED) is 0.722. The zero-order valence-electron chi connectivity index (χ0n) is 15.4. The number of carbonyl (C=O) groups excluding carboxylic acids is 1. The molecule has 0 radical (unpaired) electrons. The van der Waals surface area contributed by atoms with E-state index in [1.54, 1.807) is 12.1 Å². The van der Waals surface area contributed by atoms with Crippen molar-refractivity contribution in [3.63, 3.8) is 0 Å². The van der Waals surface area contributed by atoms with Crippen molar-refractivity contribution < 1.29 is 14.3 Å². The summed E-state index contributed by atoms with van der Waals surface area (Å²) in [4.78, 5) is 12.5. The Morgan fingerprint density at radius 2 is 1.68 bits per heavy atom. The van der Waals surface area contributed by atoms with Crippen molar-refractivity contribution in [2.24, 2.45) is 5.92 Å². The molecule has 0 aliphatic carbocycles. The van der Waals surface area contributed by atoms with Crippen LogP contribution in [0.25, 0.3) is 0 Å². The molecule has 134 valence electrons. The second kappa shape index (κ2) is 9.11. The molecule has 4 nitrogen and oxygen atoms in total. The first-order valence-electron chi connectivity index (χ1n) is 8.75. The highest BCUT2D eigenvalue weighted by atomic mass is 16.5. The third-order valence-corrected chi connectivity index (χ3v) is 3.57. The molecular weight excluding hydrogens is 314 g/mol. The fourth-order valence-corrected chi connectivity index (χ4v) is 2.26. The van der Waals surface area contributed by atoms with Crippen LogP contribution >= 0.6 is 0 Å². The average molecular weight is 341 g/mol. The molecule has 2 rings (SSSR count). The first-order valence-corrected chi connectivity index (χ1v) is 8.75. The van der Waals surface area contributed by atoms with E-state index in [9.17, 15) is 4.79 Å². The summed E-state index contributed by atoms with van der Waals surface area (Å²) in [6.45, 7) is 8.91. The van der Waals surface area contributed by atoms with E-state index in [2.05, 4.69) is 19.2 Å². The molecule has 0 heterocycles. The number of nitrogens with one attached hydrogen (secondary N) is 1. The van der Waals surface area contributed by atoms with Gasteiger partial charge in [-0.3, -0.25) is 4.79 Å². The molecule has 0 aliphatic heterocycles. The van der Waals surface area contributed by atoms with Gasteiger partial charge in [0, 0.05) is 5.69 Å². The number of amides is 1. The summed E-state index contributed by atoms with van der Waals surface area (Å²) >= 11 is 0. The van der Waals surface area contributed by atoms with Crippen molar-refractivity contribution in [1.82, 2.24) is 0 Å². The molecule has 25 heavy (non-hydrogen) atoms. The minimum absolute atomic E-state index is 0.0104. The maximum absolute atomic E-state index is 12.5. The van der Waals surface area contributed by atoms with E-state index in [4.69, 9.17) is 9.47 Å². The van der Waals surface area contributed by atoms with Gasteiger partial charge >= 0.3 is 0 Å². The highest BCUT2D eigenvalue weighted by molar-refractivity contribution is 6.06. The van der Waals surface area contributed by atoms with E-state index in [1.807, 2.05) is 50.2 Å². The summed E-state index contributed by atoms with van der Waals surface area (Å²) in [6.07, 6.45) is 1.03. The lowest BCUT2D eigenvalue weighted by Gasteiger charge is -2.14. The minimum Gasteiger partial charge on any atom is -0.494 e. The summed E-state index contributed by atoms with van der Waals surface area (Å²) in [7, 11) is 0. The molecule has 0 saturated heterocycles. The molecule has 2 aromatic rings. The SMILES string of the molecule is CC(C)CCOc1ccc(NC(=O)c2ccccc2OC(C)C)cc1. The van der Waals surface area contributed by atoms with Gasteiger partial charge in [0.15, 0.2) is 0 Å². The molecule has 1 N–H and O–H groups in total. The number of hydrogen-bond acceptors (Lipinski definition) is 3. The Balaban J connectivity index is 1.99. The third kappa shape index (κ3) is 6.14. The molecule has 0 atom stereocenters. The van der Waals surface area contributed by atoms with Crippen LogP contribution in [0.5, 0.6) is 11.5 Å². The second-order valence-electron chi connectivity index (χ2n) is 6.67. The molecular formula is C21H27NO3. The number of ether oxygens (including phenoxy) is 2. The lowest BCUT2D eigenvalue weighted by Crippen LogP contribution is -2.15. The van der Waals surface area contributed by atoms with E-state index >= 15 is 0 Å². The van der Waals surface area contributed by atoms with Crippen LogP contribution in [0.1, 0.15) is 44.5 Å². The van der Waals surface area contributed by atoms with Gasteiger partial charge in [0.1, 0.15) is 11.5 Å². The number of rotatable bonds is 8. The van der Waals surface area contributed by atoms with Gasteiger partial charge in [0.05, 0.1) is 18.3 Å². The predicted molar refractivity (Wildman–Crippen MR) is 102 cm³/mol. The lowest BCUT2D eigenvalue weighted by atomic mass is 10.1. The van der Waals surface area contributed by atoms with Crippen LogP contribution in [-0.4, -0.2) is 18.6 Å². The van der Waals surface area contributed by atoms with Crippen LogP contribution in [0.4, 0.5) is 5.69 Å². The van der Waals surface area contributed by atoms with E-state index in [0.717, 1.165) is 17.9 Å². The van der Waals surface area contributed by atoms with Gasteiger partial charge in [-0.1, -0.05) is 26.0 Å². The monoisotopic (exact) mass is 341 g/mol. The van der Waals surface area contributed by atoms with Crippen molar-refractivity contribution in [2.75, 3.05) is 11.9 Å². The second-order valence-corrected chi connectivity index (χ2v) is 6.67. The summed E-state index contributed by atoms with van der Waals surface area (Å²) < 4.78 is 11.4. The van der Waals surface area contributed by atoms with Crippen LogP contribution in [0, 0.1) is 5.92 Å². The molecule has 0 aliphatic rings. The fraction of sp³-hybridized carbons (Fsp3) is 0.381. The number of para-hydroxylation sites is 1. The summed E-state index contributed by atoms with van der Waals surface area (Å²) in [5.74, 6) is 1.82. The van der Waals surface area contributed by atoms with Gasteiger partial charge in [0.2, 0.25) is 0 Å². The number of hydrogen-bond donors (Lipinski definition) is 1. The first-order chi connectivity index (χ1) is 12.0. The molecule has 0 saturated carbocycles. The Bertz CT molecular complexity index is 678. The van der Waals surface area contributed by atoms with Gasteiger partial charge < -0.3 is 14.8 Å². The summed E-state index contributed by atoms with van der Waals surface area (Å²) in [5.41, 5.74) is 1.24. The summed E-state index contributed by atoms with van der Waals surface area (Å²) in [6, 6.07) is 14.7. The van der Waals surface area contributed by atoms with Crippen LogP contribution in [0.15, 0.2) is 48.5 Å². The largest absolute Gasteiger partial charge is 0.494 e. The molecule has 0 spiro atoms. The van der Waals surface area contributed by atoms with Crippen LogP contribution < -0.4 is 14.8 Å². The van der Waals surface area contributed by atoms with E-state index in [0.29, 0.717) is 23.8 Å². The number of anilines is 1. The van der Waals surface area contributed by atoms with Crippen molar-refractivity contribution in [3.05, 3.63) is 54.1 Å². The Hall–Kier alpha value is -2.49. The van der Waals surface area contributed by atoms with E-state index < -0.39 is 0 Å². The molecule has 0 bridgehead atoms. The highest BCUT2D eigenvalue weighted by Crippen LogP contribution is 2.22. The zero-order chi connectivity index (χ0) is 18.2. The van der Waals surface area contributed by atoms with Crippen LogP contribution in [-0.2, 0) is 0 Å². The van der Waals surface area contributed by atoms with Crippen molar-refractivity contribution in [3.8, 4) is 11.5 Å². The van der Waals surface area contributed by atoms with Gasteiger partial charge in [-0.2, -0.15) is 0 Å². The average Bonchev–Trinajstić information content (AvgIpc) is 2.56. The Kier molecular flexibility index (Phi) is 6.87. The molecule has 0 fully saturated rings. The number of carbonyl (C=O) groups is 1. The van der Waals surface area contributed by atoms with Crippen molar-refractivity contribution >= 4 is 11.6 Å². The minimum atomic E-state index is -0.190. The first kappa shape index (κ1) is 18.8. The predicted octanol–water partition coefficient (Wildman–Crippen LogP) is 5.15. The maximum atomic E-state index is 12.5. The molecule has 1 amide bonds. The smallest absolute Gasteiger partial charge is 0.259 e. The normalized spacial score (nSPS) is 10.8. The third-order valence-electron chi connectivity index (χ3n) is 3.57. The molecule has 0 unspecified atom stereocenters. The standard InChI is InChI=1S/C21H27NO3/c1-15(2)13-14-24-18-11-9-17(10-12-18)22-21(23)19-7-5-6-8-20(19)25-16(3)4/h5-12,15-16H,13-14H2,1-4H3,(H,22,23).